The number of rotatable bonds is 9. The van der Waals surface area contributed by atoms with E-state index in [2.05, 4.69) is 4.98 Å². The lowest BCUT2D eigenvalue weighted by Gasteiger charge is -2.14. The van der Waals surface area contributed by atoms with E-state index in [1.165, 1.54) is 11.3 Å². The third kappa shape index (κ3) is 4.97. The molecule has 2 aromatic heterocycles. The van der Waals surface area contributed by atoms with Gasteiger partial charge in [-0.05, 0) is 55.0 Å². The van der Waals surface area contributed by atoms with E-state index < -0.39 is 0 Å². The molecule has 0 aliphatic carbocycles. The van der Waals surface area contributed by atoms with Crippen LogP contribution in [0.4, 0.5) is 0 Å². The summed E-state index contributed by atoms with van der Waals surface area (Å²) in [4.78, 5) is 18.3. The van der Waals surface area contributed by atoms with Gasteiger partial charge < -0.3 is 14.2 Å². The summed E-state index contributed by atoms with van der Waals surface area (Å²) in [6.45, 7) is 3.31. The molecule has 178 valence electrons. The second-order valence-electron chi connectivity index (χ2n) is 7.76. The van der Waals surface area contributed by atoms with E-state index in [0.717, 1.165) is 22.3 Å². The molecule has 0 saturated carbocycles. The van der Waals surface area contributed by atoms with Crippen LogP contribution in [0.1, 0.15) is 18.9 Å². The van der Waals surface area contributed by atoms with E-state index in [0.29, 0.717) is 52.3 Å². The van der Waals surface area contributed by atoms with E-state index >= 15 is 0 Å². The van der Waals surface area contributed by atoms with Gasteiger partial charge in [-0.15, -0.1) is 0 Å². The summed E-state index contributed by atoms with van der Waals surface area (Å²) in [5.41, 5.74) is 2.26. The van der Waals surface area contributed by atoms with Crippen molar-refractivity contribution in [2.75, 3.05) is 19.8 Å². The lowest BCUT2D eigenvalue weighted by Crippen LogP contribution is -2.22. The molecule has 0 saturated heterocycles. The topological polar surface area (TPSA) is 62.1 Å². The van der Waals surface area contributed by atoms with Crippen LogP contribution >= 0.6 is 22.9 Å². The number of ether oxygens (including phenoxy) is 3. The molecule has 8 heteroatoms. The molecule has 0 unspecified atom stereocenters. The number of halogens is 1. The monoisotopic (exact) mass is 506 g/mol. The maximum atomic E-state index is 13.1. The molecule has 0 fully saturated rings. The fraction of sp³-hybridized carbons (Fsp3) is 0.185. The number of para-hydroxylation sites is 3. The number of fused-ring (bicyclic) bond motifs is 3. The Morgan fingerprint density at radius 3 is 2.60 bits per heavy atom. The molecule has 0 bridgehead atoms. The summed E-state index contributed by atoms with van der Waals surface area (Å²) in [7, 11) is 0. The third-order valence-corrected chi connectivity index (χ3v) is 6.57. The molecule has 5 aromatic rings. The highest BCUT2D eigenvalue weighted by Gasteiger charge is 2.14. The Morgan fingerprint density at radius 2 is 1.77 bits per heavy atom. The van der Waals surface area contributed by atoms with Crippen LogP contribution in [0.25, 0.3) is 22.1 Å². The van der Waals surface area contributed by atoms with Gasteiger partial charge in [0.05, 0.1) is 40.4 Å². The summed E-state index contributed by atoms with van der Waals surface area (Å²) >= 11 is 7.92. The molecular weight excluding hydrogens is 484 g/mol. The predicted molar refractivity (Wildman–Crippen MR) is 140 cm³/mol. The predicted octanol–water partition coefficient (Wildman–Crippen LogP) is 5.36. The van der Waals surface area contributed by atoms with Crippen LogP contribution < -0.4 is 24.3 Å². The molecule has 6 nitrogen and oxygen atoms in total. The first-order valence-corrected chi connectivity index (χ1v) is 12.5. The fourth-order valence-electron chi connectivity index (χ4n) is 3.78. The lowest BCUT2D eigenvalue weighted by molar-refractivity contribution is 0.236. The maximum absolute atomic E-state index is 13.1. The molecule has 0 aliphatic rings. The Morgan fingerprint density at radius 1 is 1.00 bits per heavy atom. The van der Waals surface area contributed by atoms with Crippen LogP contribution in [0.5, 0.6) is 17.2 Å². The maximum Gasteiger partial charge on any atom is 0.274 e. The Balaban J connectivity index is 1.36. The highest BCUT2D eigenvalue weighted by Crippen LogP contribution is 2.37. The van der Waals surface area contributed by atoms with Crippen molar-refractivity contribution in [2.45, 2.75) is 13.3 Å². The Hall–Kier alpha value is -3.55. The molecule has 35 heavy (non-hydrogen) atoms. The van der Waals surface area contributed by atoms with E-state index in [-0.39, 0.29) is 5.56 Å². The zero-order valence-electron chi connectivity index (χ0n) is 19.1. The second kappa shape index (κ2) is 10.4. The lowest BCUT2D eigenvalue weighted by atomic mass is 10.2. The average molecular weight is 507 g/mol. The number of benzene rings is 3. The van der Waals surface area contributed by atoms with Crippen molar-refractivity contribution in [2.24, 2.45) is 0 Å². The first-order valence-electron chi connectivity index (χ1n) is 11.3. The first kappa shape index (κ1) is 23.2. The van der Waals surface area contributed by atoms with Gasteiger partial charge >= 0.3 is 0 Å². The van der Waals surface area contributed by atoms with Gasteiger partial charge in [0.2, 0.25) is 0 Å². The van der Waals surface area contributed by atoms with Crippen molar-refractivity contribution in [3.63, 3.8) is 0 Å². The molecule has 0 N–H and O–H groups in total. The van der Waals surface area contributed by atoms with Crippen LogP contribution in [0.15, 0.2) is 71.5 Å². The van der Waals surface area contributed by atoms with Crippen LogP contribution in [0.3, 0.4) is 0 Å². The van der Waals surface area contributed by atoms with Crippen LogP contribution in [-0.4, -0.2) is 29.2 Å². The number of hydrogen-bond donors (Lipinski definition) is 0. The molecular formula is C27H23ClN2O4S. The minimum absolute atomic E-state index is 0.105. The van der Waals surface area contributed by atoms with E-state index in [1.807, 2.05) is 73.7 Å². The van der Waals surface area contributed by atoms with Crippen molar-refractivity contribution in [3.05, 3.63) is 92.2 Å². The van der Waals surface area contributed by atoms with Crippen molar-refractivity contribution in [1.29, 1.82) is 0 Å². The number of thiazole rings is 1. The minimum Gasteiger partial charge on any atom is -0.493 e. The van der Waals surface area contributed by atoms with Gasteiger partial charge in [0.1, 0.15) is 5.75 Å². The van der Waals surface area contributed by atoms with E-state index in [4.69, 9.17) is 25.8 Å². The highest BCUT2D eigenvalue weighted by molar-refractivity contribution is 7.15. The van der Waals surface area contributed by atoms with Gasteiger partial charge in [0, 0.05) is 6.42 Å². The number of aromatic nitrogens is 2. The number of imidazole rings is 1. The Labute approximate surface area is 211 Å². The molecule has 0 aliphatic heterocycles. The van der Waals surface area contributed by atoms with E-state index in [1.54, 1.807) is 10.5 Å². The molecule has 0 amide bonds. The zero-order chi connectivity index (χ0) is 24.2. The van der Waals surface area contributed by atoms with Crippen LogP contribution in [0.2, 0.25) is 5.02 Å². The van der Waals surface area contributed by atoms with Crippen molar-refractivity contribution >= 4 is 45.0 Å². The quantitative estimate of drug-likeness (QED) is 0.252. The first-order chi connectivity index (χ1) is 17.1. The van der Waals surface area contributed by atoms with Gasteiger partial charge in [-0.3, -0.25) is 4.79 Å². The molecule has 0 radical (unpaired) electrons. The van der Waals surface area contributed by atoms with Crippen molar-refractivity contribution in [1.82, 2.24) is 9.38 Å². The van der Waals surface area contributed by atoms with Gasteiger partial charge in [0.25, 0.3) is 5.56 Å². The van der Waals surface area contributed by atoms with E-state index in [9.17, 15) is 4.79 Å². The summed E-state index contributed by atoms with van der Waals surface area (Å²) in [5.74, 6) is 1.85. The summed E-state index contributed by atoms with van der Waals surface area (Å²) in [6.07, 6.45) is 2.50. The SMILES string of the molecule is CCOc1cc(/C=c2\sc3nc4ccccc4n3c2=O)cc(Cl)c1OCCCOc1ccccc1. The molecule has 3 aromatic carbocycles. The average Bonchev–Trinajstić information content (AvgIpc) is 3.37. The van der Waals surface area contributed by atoms with Crippen molar-refractivity contribution < 1.29 is 14.2 Å². The van der Waals surface area contributed by atoms with Gasteiger partial charge in [0.15, 0.2) is 16.5 Å². The minimum atomic E-state index is -0.105. The molecule has 5 rings (SSSR count). The van der Waals surface area contributed by atoms with Crippen LogP contribution in [-0.2, 0) is 0 Å². The Bertz CT molecular complexity index is 1580. The summed E-state index contributed by atoms with van der Waals surface area (Å²) in [6, 6.07) is 20.9. The number of hydrogen-bond acceptors (Lipinski definition) is 6. The summed E-state index contributed by atoms with van der Waals surface area (Å²) in [5, 5.41) is 0.422. The van der Waals surface area contributed by atoms with Gasteiger partial charge in [-0.25, -0.2) is 9.38 Å². The second-order valence-corrected chi connectivity index (χ2v) is 9.18. The smallest absolute Gasteiger partial charge is 0.274 e. The Kier molecular flexibility index (Phi) is 6.88. The number of nitrogens with zero attached hydrogens (tertiary/aromatic N) is 2. The zero-order valence-corrected chi connectivity index (χ0v) is 20.6. The third-order valence-electron chi connectivity index (χ3n) is 5.32. The highest BCUT2D eigenvalue weighted by atomic mass is 35.5. The van der Waals surface area contributed by atoms with Crippen LogP contribution in [0, 0.1) is 0 Å². The van der Waals surface area contributed by atoms with Crippen molar-refractivity contribution in [3.8, 4) is 17.2 Å². The molecule has 0 spiro atoms. The fourth-order valence-corrected chi connectivity index (χ4v) is 5.04. The normalized spacial score (nSPS) is 11.9. The van der Waals surface area contributed by atoms with Gasteiger partial charge in [-0.2, -0.15) is 0 Å². The largest absolute Gasteiger partial charge is 0.493 e. The molecule has 0 atom stereocenters. The summed E-state index contributed by atoms with van der Waals surface area (Å²) < 4.78 is 19.7. The standard InChI is InChI=1S/C27H23ClN2O4S/c1-2-32-23-16-18(15-20(28)25(23)34-14-8-13-33-19-9-4-3-5-10-19)17-24-26(31)30-22-12-7-6-11-21(22)29-27(30)35-24/h3-7,9-12,15-17H,2,8,13-14H2,1H3/b24-17-. The molecule has 2 heterocycles. The van der Waals surface area contributed by atoms with Gasteiger partial charge in [-0.1, -0.05) is 53.3 Å².